The van der Waals surface area contributed by atoms with E-state index in [1.54, 1.807) is 0 Å². The van der Waals surface area contributed by atoms with Gasteiger partial charge in [-0.15, -0.1) is 0 Å². The summed E-state index contributed by atoms with van der Waals surface area (Å²) in [6.07, 6.45) is 3.98. The van der Waals surface area contributed by atoms with Gasteiger partial charge in [0.25, 0.3) is 0 Å². The molecule has 0 bridgehead atoms. The fourth-order valence-corrected chi connectivity index (χ4v) is 2.17. The summed E-state index contributed by atoms with van der Waals surface area (Å²) in [5, 5.41) is 0. The summed E-state index contributed by atoms with van der Waals surface area (Å²) in [6.45, 7) is 2.09. The van der Waals surface area contributed by atoms with E-state index in [4.69, 9.17) is 5.73 Å². The molecule has 0 aromatic carbocycles. The van der Waals surface area contributed by atoms with Crippen LogP contribution < -0.4 is 5.73 Å². The van der Waals surface area contributed by atoms with Crippen molar-refractivity contribution in [2.24, 2.45) is 0 Å². The van der Waals surface area contributed by atoms with Crippen molar-refractivity contribution in [2.75, 3.05) is 18.1 Å². The van der Waals surface area contributed by atoms with Gasteiger partial charge in [-0.3, -0.25) is 5.73 Å². The van der Waals surface area contributed by atoms with E-state index in [-0.39, 0.29) is 18.1 Å². The summed E-state index contributed by atoms with van der Waals surface area (Å²) >= 11 is 0. The maximum atomic E-state index is 11.1. The topological polar surface area (TPSA) is 57.9 Å². The minimum Gasteiger partial charge on any atom is -0.257 e. The van der Waals surface area contributed by atoms with Crippen molar-refractivity contribution in [3.8, 4) is 0 Å². The van der Waals surface area contributed by atoms with Crippen LogP contribution in [-0.2, 0) is 9.84 Å². The molecule has 0 saturated carbocycles. The van der Waals surface area contributed by atoms with E-state index < -0.39 is 9.84 Å². The van der Waals surface area contributed by atoms with Crippen molar-refractivity contribution in [3.63, 3.8) is 0 Å². The highest BCUT2D eigenvalue weighted by Gasteiger charge is 2.07. The second kappa shape index (κ2) is 6.43. The smallest absolute Gasteiger partial charge is 0.151 e. The van der Waals surface area contributed by atoms with Gasteiger partial charge in [-0.05, 0) is 6.42 Å². The normalized spacial score (nSPS) is 11.8. The van der Waals surface area contributed by atoms with E-state index in [2.05, 4.69) is 6.92 Å². The lowest BCUT2D eigenvalue weighted by atomic mass is 10.2. The molecule has 0 fully saturated rings. The lowest BCUT2D eigenvalue weighted by molar-refractivity contribution is 0.588. The van der Waals surface area contributed by atoms with Gasteiger partial charge in [-0.2, -0.15) is 0 Å². The highest BCUT2D eigenvalue weighted by Crippen LogP contribution is 2.02. The third kappa shape index (κ3) is 6.61. The van der Waals surface area contributed by atoms with Crippen molar-refractivity contribution >= 4 is 9.84 Å². The highest BCUT2D eigenvalue weighted by molar-refractivity contribution is 7.91. The molecule has 4 heteroatoms. The molecule has 0 aromatic heterocycles. The van der Waals surface area contributed by atoms with Gasteiger partial charge < -0.3 is 0 Å². The van der Waals surface area contributed by atoms with E-state index in [9.17, 15) is 8.42 Å². The molecule has 0 atom stereocenters. The number of sulfone groups is 1. The highest BCUT2D eigenvalue weighted by atomic mass is 32.2. The van der Waals surface area contributed by atoms with Crippen LogP contribution in [-0.4, -0.2) is 26.5 Å². The van der Waals surface area contributed by atoms with Crippen LogP contribution in [0.2, 0.25) is 0 Å². The van der Waals surface area contributed by atoms with E-state index in [0.29, 0.717) is 0 Å². The molecular weight excluding hydrogens is 174 g/mol. The van der Waals surface area contributed by atoms with Gasteiger partial charge in [-0.25, -0.2) is 8.42 Å². The number of nitrogens with one attached hydrogen (secondary N) is 1. The minimum absolute atomic E-state index is 0.00386. The number of hydrogen-bond donors (Lipinski definition) is 0. The summed E-state index contributed by atoms with van der Waals surface area (Å²) in [6, 6.07) is 0. The summed E-state index contributed by atoms with van der Waals surface area (Å²) in [5.74, 6) is 0.297. The first-order valence-electron chi connectivity index (χ1n) is 4.47. The van der Waals surface area contributed by atoms with E-state index in [0.717, 1.165) is 25.7 Å². The first-order valence-corrected chi connectivity index (χ1v) is 6.29. The Labute approximate surface area is 75.3 Å². The Morgan fingerprint density at radius 1 is 1.08 bits per heavy atom. The molecule has 1 radical (unpaired) electrons. The molecule has 0 saturated heterocycles. The van der Waals surface area contributed by atoms with Crippen molar-refractivity contribution in [3.05, 3.63) is 0 Å². The van der Waals surface area contributed by atoms with Crippen molar-refractivity contribution in [2.45, 2.75) is 32.6 Å². The monoisotopic (exact) mass is 192 g/mol. The molecule has 0 aliphatic rings. The van der Waals surface area contributed by atoms with Crippen molar-refractivity contribution < 1.29 is 8.42 Å². The van der Waals surface area contributed by atoms with Crippen LogP contribution in [0.25, 0.3) is 0 Å². The molecule has 0 rings (SSSR count). The van der Waals surface area contributed by atoms with Crippen LogP contribution >= 0.6 is 0 Å². The summed E-state index contributed by atoms with van der Waals surface area (Å²) in [5.41, 5.74) is 6.80. The average molecular weight is 192 g/mol. The fourth-order valence-electron chi connectivity index (χ4n) is 1.01. The van der Waals surface area contributed by atoms with Gasteiger partial charge in [-0.1, -0.05) is 26.2 Å². The van der Waals surface area contributed by atoms with E-state index >= 15 is 0 Å². The third-order valence-corrected chi connectivity index (χ3v) is 3.46. The Kier molecular flexibility index (Phi) is 6.38. The van der Waals surface area contributed by atoms with Crippen LogP contribution in [0.4, 0.5) is 0 Å². The third-order valence-electron chi connectivity index (χ3n) is 1.72. The van der Waals surface area contributed by atoms with Crippen LogP contribution in [0.3, 0.4) is 0 Å². The number of rotatable bonds is 7. The minimum atomic E-state index is -2.90. The lowest BCUT2D eigenvalue weighted by Gasteiger charge is -2.00. The van der Waals surface area contributed by atoms with Gasteiger partial charge in [0.05, 0.1) is 11.5 Å². The molecule has 0 spiro atoms. The first kappa shape index (κ1) is 11.9. The Morgan fingerprint density at radius 2 is 1.75 bits per heavy atom. The maximum Gasteiger partial charge on any atom is 0.151 e. The summed E-state index contributed by atoms with van der Waals surface area (Å²) in [4.78, 5) is 0. The zero-order chi connectivity index (χ0) is 9.45. The molecule has 0 heterocycles. The molecule has 0 amide bonds. The summed E-state index contributed by atoms with van der Waals surface area (Å²) in [7, 11) is -2.90. The molecule has 1 N–H and O–H groups in total. The predicted molar refractivity (Wildman–Crippen MR) is 50.8 cm³/mol. The van der Waals surface area contributed by atoms with Crippen LogP contribution in [0.15, 0.2) is 0 Å². The predicted octanol–water partition coefficient (Wildman–Crippen LogP) is 1.26. The van der Waals surface area contributed by atoms with Crippen LogP contribution in [0, 0.1) is 0 Å². The Balaban J connectivity index is 3.48. The van der Waals surface area contributed by atoms with Gasteiger partial charge >= 0.3 is 0 Å². The quantitative estimate of drug-likeness (QED) is 0.570. The Bertz CT molecular complexity index is 187. The molecule has 0 unspecified atom stereocenters. The molecule has 0 aliphatic heterocycles. The second-order valence-electron chi connectivity index (χ2n) is 2.96. The number of hydrogen-bond acceptors (Lipinski definition) is 2. The maximum absolute atomic E-state index is 11.1. The van der Waals surface area contributed by atoms with Gasteiger partial charge in [0, 0.05) is 6.54 Å². The largest absolute Gasteiger partial charge is 0.257 e. The summed E-state index contributed by atoms with van der Waals surface area (Å²) < 4.78 is 22.1. The van der Waals surface area contributed by atoms with Crippen molar-refractivity contribution in [1.82, 2.24) is 5.73 Å². The van der Waals surface area contributed by atoms with Gasteiger partial charge in [0.1, 0.15) is 0 Å². The van der Waals surface area contributed by atoms with E-state index in [1.165, 1.54) is 0 Å². The second-order valence-corrected chi connectivity index (χ2v) is 5.27. The zero-order valence-corrected chi connectivity index (χ0v) is 8.49. The Hall–Kier alpha value is -0.0900. The average Bonchev–Trinajstić information content (AvgIpc) is 1.98. The zero-order valence-electron chi connectivity index (χ0n) is 7.67. The van der Waals surface area contributed by atoms with E-state index in [1.807, 2.05) is 0 Å². The van der Waals surface area contributed by atoms with Crippen LogP contribution in [0.5, 0.6) is 0 Å². The Morgan fingerprint density at radius 3 is 2.25 bits per heavy atom. The van der Waals surface area contributed by atoms with Gasteiger partial charge in [0.2, 0.25) is 0 Å². The molecule has 73 valence electrons. The standard InChI is InChI=1S/C8H18NO2S/c1-2-3-4-5-7-12(10,11)8-6-9/h9H,2-8H2,1H3. The van der Waals surface area contributed by atoms with Gasteiger partial charge in [0.15, 0.2) is 9.84 Å². The first-order chi connectivity index (χ1) is 5.62. The number of unbranched alkanes of at least 4 members (excludes halogenated alkanes) is 3. The SMILES string of the molecule is CCCCCCS(=O)(=O)CC[NH]. The van der Waals surface area contributed by atoms with Crippen LogP contribution in [0.1, 0.15) is 32.6 Å². The molecule has 0 aromatic rings. The molecule has 3 nitrogen and oxygen atoms in total. The molecule has 12 heavy (non-hydrogen) atoms. The van der Waals surface area contributed by atoms with Crippen molar-refractivity contribution in [1.29, 1.82) is 0 Å². The fraction of sp³-hybridized carbons (Fsp3) is 1.00. The lowest BCUT2D eigenvalue weighted by Crippen LogP contribution is -2.14. The molecule has 0 aliphatic carbocycles. The molecular formula is C8H18NO2S.